The van der Waals surface area contributed by atoms with Gasteiger partial charge in [-0.15, -0.1) is 0 Å². The van der Waals surface area contributed by atoms with Gasteiger partial charge in [-0.2, -0.15) is 0 Å². The predicted molar refractivity (Wildman–Crippen MR) is 69.8 cm³/mol. The maximum atomic E-state index is 11.5. The highest BCUT2D eigenvalue weighted by Crippen LogP contribution is 2.24. The van der Waals surface area contributed by atoms with Crippen molar-refractivity contribution in [1.29, 1.82) is 0 Å². The van der Waals surface area contributed by atoms with Crippen molar-refractivity contribution in [1.82, 2.24) is 0 Å². The maximum Gasteiger partial charge on any atom is 0.337 e. The van der Waals surface area contributed by atoms with Crippen molar-refractivity contribution >= 4 is 45.1 Å². The van der Waals surface area contributed by atoms with Crippen molar-refractivity contribution < 1.29 is 14.3 Å². The Labute approximate surface area is 112 Å². The summed E-state index contributed by atoms with van der Waals surface area (Å²) in [5, 5.41) is 2.96. The van der Waals surface area contributed by atoms with Gasteiger partial charge in [0, 0.05) is 0 Å². The molecule has 92 valence electrons. The highest BCUT2D eigenvalue weighted by molar-refractivity contribution is 9.10. The summed E-state index contributed by atoms with van der Waals surface area (Å²) in [5.74, 6) is -0.724. The van der Waals surface area contributed by atoms with Gasteiger partial charge in [0.1, 0.15) is 0 Å². The van der Waals surface area contributed by atoms with Crippen LogP contribution in [0.1, 0.15) is 17.3 Å². The van der Waals surface area contributed by atoms with Crippen molar-refractivity contribution in [2.45, 2.75) is 11.8 Å². The third-order valence-corrected chi connectivity index (χ3v) is 2.75. The quantitative estimate of drug-likeness (QED) is 0.688. The number of hydrogen-bond donors (Lipinski definition) is 1. The zero-order valence-corrected chi connectivity index (χ0v) is 11.6. The van der Waals surface area contributed by atoms with Crippen molar-refractivity contribution in [2.75, 3.05) is 12.4 Å². The highest BCUT2D eigenvalue weighted by atomic mass is 79.9. The van der Waals surface area contributed by atoms with Crippen LogP contribution in [-0.2, 0) is 9.53 Å². The van der Waals surface area contributed by atoms with Crippen molar-refractivity contribution in [3.8, 4) is 0 Å². The number of alkyl halides is 1. The fraction of sp³-hybridized carbons (Fsp3) is 0.273. The SMILES string of the molecule is COC(=O)c1ccc(Cl)c(NC(=O)C(C)Br)c1. The Bertz CT molecular complexity index is 448. The van der Waals surface area contributed by atoms with E-state index in [0.29, 0.717) is 16.3 Å². The van der Waals surface area contributed by atoms with Crippen LogP contribution in [0, 0.1) is 0 Å². The Hall–Kier alpha value is -1.07. The molecule has 1 amide bonds. The van der Waals surface area contributed by atoms with Crippen LogP contribution in [-0.4, -0.2) is 23.8 Å². The van der Waals surface area contributed by atoms with Gasteiger partial charge in [0.05, 0.1) is 28.2 Å². The third-order valence-electron chi connectivity index (χ3n) is 2.01. The molecule has 6 heteroatoms. The van der Waals surface area contributed by atoms with E-state index in [0.717, 1.165) is 0 Å². The summed E-state index contributed by atoms with van der Waals surface area (Å²) in [7, 11) is 1.29. The largest absolute Gasteiger partial charge is 0.465 e. The van der Waals surface area contributed by atoms with E-state index in [9.17, 15) is 9.59 Å². The minimum absolute atomic E-state index is 0.242. The van der Waals surface area contributed by atoms with E-state index in [1.54, 1.807) is 6.92 Å². The number of amides is 1. The number of ether oxygens (including phenoxy) is 1. The number of anilines is 1. The number of esters is 1. The molecule has 0 spiro atoms. The van der Waals surface area contributed by atoms with E-state index in [1.165, 1.54) is 25.3 Å². The summed E-state index contributed by atoms with van der Waals surface area (Å²) in [6.07, 6.45) is 0. The minimum Gasteiger partial charge on any atom is -0.465 e. The first-order chi connectivity index (χ1) is 7.95. The molecule has 0 aliphatic rings. The van der Waals surface area contributed by atoms with Crippen LogP contribution in [0.4, 0.5) is 5.69 Å². The summed E-state index contributed by atoms with van der Waals surface area (Å²) in [6, 6.07) is 4.53. The Morgan fingerprint density at radius 2 is 2.12 bits per heavy atom. The van der Waals surface area contributed by atoms with E-state index >= 15 is 0 Å². The molecule has 0 bridgehead atoms. The smallest absolute Gasteiger partial charge is 0.337 e. The first-order valence-electron chi connectivity index (χ1n) is 4.78. The molecule has 0 radical (unpaired) electrons. The number of benzene rings is 1. The van der Waals surface area contributed by atoms with Crippen molar-refractivity contribution in [3.05, 3.63) is 28.8 Å². The van der Waals surface area contributed by atoms with E-state index in [2.05, 4.69) is 26.0 Å². The van der Waals surface area contributed by atoms with Crippen molar-refractivity contribution in [2.24, 2.45) is 0 Å². The standard InChI is InChI=1S/C11H11BrClNO3/c1-6(12)10(15)14-9-5-7(11(16)17-2)3-4-8(9)13/h3-6H,1-2H3,(H,14,15). The van der Waals surface area contributed by atoms with Gasteiger partial charge in [-0.05, 0) is 25.1 Å². The van der Waals surface area contributed by atoms with Crippen LogP contribution in [0.2, 0.25) is 5.02 Å². The second kappa shape index (κ2) is 6.02. The van der Waals surface area contributed by atoms with E-state index < -0.39 is 5.97 Å². The molecule has 0 saturated heterocycles. The first kappa shape index (κ1) is 14.0. The molecule has 1 atom stereocenters. The second-order valence-corrected chi connectivity index (χ2v) is 5.07. The van der Waals surface area contributed by atoms with Gasteiger partial charge in [-0.1, -0.05) is 27.5 Å². The van der Waals surface area contributed by atoms with Crippen LogP contribution >= 0.6 is 27.5 Å². The molecule has 0 saturated carbocycles. The lowest BCUT2D eigenvalue weighted by Gasteiger charge is -2.09. The number of halogens is 2. The van der Waals surface area contributed by atoms with Gasteiger partial charge in [-0.25, -0.2) is 4.79 Å². The average Bonchev–Trinajstić information content (AvgIpc) is 2.30. The number of hydrogen-bond acceptors (Lipinski definition) is 3. The van der Waals surface area contributed by atoms with Gasteiger partial charge < -0.3 is 10.1 Å². The normalized spacial score (nSPS) is 11.8. The molecule has 1 N–H and O–H groups in total. The Morgan fingerprint density at radius 1 is 1.47 bits per heavy atom. The molecule has 0 aliphatic heterocycles. The van der Waals surface area contributed by atoms with Gasteiger partial charge in [0.15, 0.2) is 0 Å². The van der Waals surface area contributed by atoms with E-state index in [-0.39, 0.29) is 10.7 Å². The Morgan fingerprint density at radius 3 is 2.65 bits per heavy atom. The lowest BCUT2D eigenvalue weighted by atomic mass is 10.2. The van der Waals surface area contributed by atoms with Crippen LogP contribution in [0.3, 0.4) is 0 Å². The van der Waals surface area contributed by atoms with Gasteiger partial charge in [0.2, 0.25) is 5.91 Å². The number of carbonyl (C=O) groups excluding carboxylic acids is 2. The van der Waals surface area contributed by atoms with E-state index in [1.807, 2.05) is 0 Å². The molecule has 1 unspecified atom stereocenters. The Balaban J connectivity index is 2.99. The summed E-state index contributed by atoms with van der Waals surface area (Å²) in [6.45, 7) is 1.69. The number of nitrogens with one attached hydrogen (secondary N) is 1. The van der Waals surface area contributed by atoms with Crippen molar-refractivity contribution in [3.63, 3.8) is 0 Å². The fourth-order valence-electron chi connectivity index (χ4n) is 1.10. The third kappa shape index (κ3) is 3.71. The maximum absolute atomic E-state index is 11.5. The fourth-order valence-corrected chi connectivity index (χ4v) is 1.38. The second-order valence-electron chi connectivity index (χ2n) is 3.29. The van der Waals surface area contributed by atoms with Gasteiger partial charge >= 0.3 is 5.97 Å². The van der Waals surface area contributed by atoms with E-state index in [4.69, 9.17) is 11.6 Å². The molecule has 17 heavy (non-hydrogen) atoms. The molecule has 0 aromatic heterocycles. The molecular formula is C11H11BrClNO3. The lowest BCUT2D eigenvalue weighted by Crippen LogP contribution is -2.20. The van der Waals surface area contributed by atoms with Crippen LogP contribution in [0.5, 0.6) is 0 Å². The molecule has 1 aromatic rings. The predicted octanol–water partition coefficient (Wildman–Crippen LogP) is 2.85. The molecule has 0 fully saturated rings. The van der Waals surface area contributed by atoms with Crippen LogP contribution in [0.25, 0.3) is 0 Å². The first-order valence-corrected chi connectivity index (χ1v) is 6.08. The summed E-state index contributed by atoms with van der Waals surface area (Å²) >= 11 is 9.05. The van der Waals surface area contributed by atoms with Crippen LogP contribution < -0.4 is 5.32 Å². The average molecular weight is 321 g/mol. The molecule has 4 nitrogen and oxygen atoms in total. The summed E-state index contributed by atoms with van der Waals surface area (Å²) in [4.78, 5) is 22.4. The molecular weight excluding hydrogens is 309 g/mol. The number of carbonyl (C=O) groups is 2. The minimum atomic E-state index is -0.482. The van der Waals surface area contributed by atoms with Crippen LogP contribution in [0.15, 0.2) is 18.2 Å². The van der Waals surface area contributed by atoms with Gasteiger partial charge in [0.25, 0.3) is 0 Å². The van der Waals surface area contributed by atoms with Gasteiger partial charge in [-0.3, -0.25) is 4.79 Å². The topological polar surface area (TPSA) is 55.4 Å². The zero-order chi connectivity index (χ0) is 13.0. The summed E-state index contributed by atoms with van der Waals surface area (Å²) in [5.41, 5.74) is 0.709. The Kier molecular flexibility index (Phi) is 4.96. The molecule has 0 aliphatic carbocycles. The molecule has 0 heterocycles. The highest BCUT2D eigenvalue weighted by Gasteiger charge is 2.13. The molecule has 1 rings (SSSR count). The zero-order valence-electron chi connectivity index (χ0n) is 9.29. The monoisotopic (exact) mass is 319 g/mol. The number of methoxy groups -OCH3 is 1. The summed E-state index contributed by atoms with van der Waals surface area (Å²) < 4.78 is 4.58. The molecule has 1 aromatic carbocycles. The lowest BCUT2D eigenvalue weighted by molar-refractivity contribution is -0.115. The number of rotatable bonds is 3.